The summed E-state index contributed by atoms with van der Waals surface area (Å²) in [6.45, 7) is 9.03. The molecule has 2 N–H and O–H groups in total. The number of methoxy groups -OCH3 is 1. The fourth-order valence-corrected chi connectivity index (χ4v) is 8.31. The van der Waals surface area contributed by atoms with Crippen LogP contribution in [0, 0.1) is 5.92 Å². The molecule has 4 aromatic rings. The number of nitrogens with zero attached hydrogens (tertiary/aromatic N) is 5. The number of sulfone groups is 1. The second-order valence-electron chi connectivity index (χ2n) is 13.6. The van der Waals surface area contributed by atoms with E-state index in [1.165, 1.54) is 45.3 Å². The summed E-state index contributed by atoms with van der Waals surface area (Å²) in [4.78, 5) is 17.4. The number of likely N-dealkylation sites (tertiary alicyclic amines) is 1. The Labute approximate surface area is 285 Å². The average Bonchev–Trinajstić information content (AvgIpc) is 3.08. The molecule has 1 aromatic heterocycles. The topological polar surface area (TPSA) is 103 Å². The average molecular weight is 672 g/mol. The summed E-state index contributed by atoms with van der Waals surface area (Å²) < 4.78 is 32.2. The van der Waals surface area contributed by atoms with Gasteiger partial charge in [0.05, 0.1) is 34.1 Å². The molecular weight excluding hydrogens is 623 g/mol. The summed E-state index contributed by atoms with van der Waals surface area (Å²) in [5.74, 6) is 2.36. The molecule has 3 aromatic carbocycles. The smallest absolute Gasteiger partial charge is 0.229 e. The van der Waals surface area contributed by atoms with Crippen molar-refractivity contribution >= 4 is 49.6 Å². The van der Waals surface area contributed by atoms with Gasteiger partial charge in [-0.3, -0.25) is 4.90 Å². The highest BCUT2D eigenvalue weighted by Crippen LogP contribution is 2.35. The van der Waals surface area contributed by atoms with Crippen LogP contribution in [0.3, 0.4) is 0 Å². The molecule has 0 spiro atoms. The fraction of sp³-hybridized carbons (Fsp3) is 0.459. The van der Waals surface area contributed by atoms with Gasteiger partial charge in [0.1, 0.15) is 11.6 Å². The van der Waals surface area contributed by atoms with E-state index in [0.29, 0.717) is 29.2 Å². The maximum atomic E-state index is 13.2. The van der Waals surface area contributed by atoms with Gasteiger partial charge in [-0.05, 0) is 102 Å². The molecule has 48 heavy (non-hydrogen) atoms. The summed E-state index contributed by atoms with van der Waals surface area (Å²) in [6, 6.07) is 21.5. The molecule has 0 saturated carbocycles. The molecule has 2 saturated heterocycles. The van der Waals surface area contributed by atoms with Crippen LogP contribution < -0.4 is 20.3 Å². The van der Waals surface area contributed by atoms with Crippen LogP contribution in [-0.2, 0) is 9.84 Å². The summed E-state index contributed by atoms with van der Waals surface area (Å²) in [5, 5.41) is 6.90. The van der Waals surface area contributed by atoms with E-state index in [2.05, 4.69) is 51.6 Å². The Kier molecular flexibility index (Phi) is 10.4. The van der Waals surface area contributed by atoms with Crippen LogP contribution in [0.4, 0.5) is 28.8 Å². The van der Waals surface area contributed by atoms with Gasteiger partial charge in [-0.25, -0.2) is 13.4 Å². The first-order chi connectivity index (χ1) is 23.1. The first-order valence-electron chi connectivity index (χ1n) is 17.1. The number of ether oxygens (including phenoxy) is 1. The molecule has 1 unspecified atom stereocenters. The zero-order valence-electron chi connectivity index (χ0n) is 28.8. The molecule has 1 atom stereocenters. The lowest BCUT2D eigenvalue weighted by molar-refractivity contribution is 0.0950. The number of rotatable bonds is 11. The zero-order valence-corrected chi connectivity index (χ0v) is 29.6. The van der Waals surface area contributed by atoms with Gasteiger partial charge in [-0.2, -0.15) is 4.98 Å². The highest BCUT2D eigenvalue weighted by molar-refractivity contribution is 7.92. The summed E-state index contributed by atoms with van der Waals surface area (Å²) in [7, 11) is 2.52. The number of para-hydroxylation sites is 2. The molecule has 0 aliphatic carbocycles. The Bertz CT molecular complexity index is 1820. The Morgan fingerprint density at radius 3 is 2.42 bits per heavy atom. The molecular formula is C37H49N7O3S. The van der Waals surface area contributed by atoms with E-state index < -0.39 is 15.1 Å². The highest BCUT2D eigenvalue weighted by atomic mass is 32.2. The van der Waals surface area contributed by atoms with Crippen molar-refractivity contribution in [2.45, 2.75) is 55.7 Å². The molecule has 2 fully saturated rings. The number of benzene rings is 3. The molecule has 2 aliphatic rings. The molecule has 2 aliphatic heterocycles. The van der Waals surface area contributed by atoms with Gasteiger partial charge in [0, 0.05) is 49.4 Å². The molecule has 10 nitrogen and oxygen atoms in total. The van der Waals surface area contributed by atoms with Gasteiger partial charge in [-0.1, -0.05) is 24.3 Å². The van der Waals surface area contributed by atoms with Gasteiger partial charge in [0.2, 0.25) is 5.95 Å². The number of anilines is 5. The van der Waals surface area contributed by atoms with Crippen LogP contribution in [-0.4, -0.2) is 93.4 Å². The number of hydrogen-bond donors (Lipinski definition) is 2. The van der Waals surface area contributed by atoms with E-state index in [-0.39, 0.29) is 4.90 Å². The van der Waals surface area contributed by atoms with Gasteiger partial charge >= 0.3 is 0 Å². The number of fused-ring (bicyclic) bond motifs is 1. The van der Waals surface area contributed by atoms with Crippen molar-refractivity contribution in [1.82, 2.24) is 19.8 Å². The van der Waals surface area contributed by atoms with E-state index in [1.54, 1.807) is 39.2 Å². The second kappa shape index (κ2) is 14.7. The first-order valence-corrected chi connectivity index (χ1v) is 18.6. The molecule has 6 rings (SSSR count). The lowest BCUT2D eigenvalue weighted by Crippen LogP contribution is -2.49. The van der Waals surface area contributed by atoms with Crippen LogP contribution in [0.5, 0.6) is 5.75 Å². The minimum Gasteiger partial charge on any atom is -0.494 e. The number of hydrogen-bond acceptors (Lipinski definition) is 10. The lowest BCUT2D eigenvalue weighted by atomic mass is 9.93. The Morgan fingerprint density at radius 1 is 0.917 bits per heavy atom. The first kappa shape index (κ1) is 34.0. The van der Waals surface area contributed by atoms with Crippen molar-refractivity contribution in [2.24, 2.45) is 5.92 Å². The third-order valence-corrected chi connectivity index (χ3v) is 11.8. The Hall–Kier alpha value is -3.93. The number of nitrogens with one attached hydrogen (secondary N) is 2. The maximum absolute atomic E-state index is 13.2. The van der Waals surface area contributed by atoms with Gasteiger partial charge in [-0.15, -0.1) is 0 Å². The van der Waals surface area contributed by atoms with Crippen molar-refractivity contribution in [1.29, 1.82) is 0 Å². The van der Waals surface area contributed by atoms with Crippen LogP contribution in [0.25, 0.3) is 10.9 Å². The molecule has 3 heterocycles. The van der Waals surface area contributed by atoms with E-state index >= 15 is 0 Å². The van der Waals surface area contributed by atoms with Crippen molar-refractivity contribution in [3.8, 4) is 5.75 Å². The maximum Gasteiger partial charge on any atom is 0.229 e. The third-order valence-electron chi connectivity index (χ3n) is 9.62. The van der Waals surface area contributed by atoms with Crippen molar-refractivity contribution in [3.63, 3.8) is 0 Å². The Balaban J connectivity index is 1.19. The quantitative estimate of drug-likeness (QED) is 0.183. The van der Waals surface area contributed by atoms with Crippen LogP contribution in [0.1, 0.15) is 39.5 Å². The van der Waals surface area contributed by atoms with Gasteiger partial charge in [0.15, 0.2) is 9.84 Å². The van der Waals surface area contributed by atoms with Gasteiger partial charge in [0.25, 0.3) is 0 Å². The molecule has 0 amide bonds. The number of aromatic nitrogens is 2. The van der Waals surface area contributed by atoms with E-state index in [0.717, 1.165) is 41.3 Å². The summed E-state index contributed by atoms with van der Waals surface area (Å²) in [6.07, 6.45) is 4.97. The molecule has 11 heteroatoms. The van der Waals surface area contributed by atoms with Crippen molar-refractivity contribution in [3.05, 3.63) is 66.7 Å². The van der Waals surface area contributed by atoms with E-state index in [4.69, 9.17) is 14.7 Å². The number of piperidine rings is 2. The third kappa shape index (κ3) is 7.53. The van der Waals surface area contributed by atoms with Crippen LogP contribution >= 0.6 is 0 Å². The predicted molar refractivity (Wildman–Crippen MR) is 196 cm³/mol. The minimum atomic E-state index is -3.52. The van der Waals surface area contributed by atoms with Gasteiger partial charge < -0.3 is 25.2 Å². The largest absolute Gasteiger partial charge is 0.494 e. The Morgan fingerprint density at radius 2 is 1.67 bits per heavy atom. The normalized spacial score (nSPS) is 18.1. The van der Waals surface area contributed by atoms with Crippen LogP contribution in [0.15, 0.2) is 71.6 Å². The molecule has 0 radical (unpaired) electrons. The fourth-order valence-electron chi connectivity index (χ4n) is 7.11. The SMILES string of the molecule is COc1cc(N2CCC(N3CCCC(CN(C)C)C3)CC2)ccc1Nc1nc(Nc2ccccc2S(=O)(=O)C(C)C)c2ccccc2n1. The minimum absolute atomic E-state index is 0.239. The molecule has 0 bridgehead atoms. The van der Waals surface area contributed by atoms with Crippen LogP contribution in [0.2, 0.25) is 0 Å². The summed E-state index contributed by atoms with van der Waals surface area (Å²) in [5.41, 5.74) is 3.09. The standard InChI is InChI=1S/C37H49N7O3S/c1-26(2)48(45,46)35-15-9-8-14-33(35)38-36-30-12-6-7-13-31(30)39-37(41-36)40-32-17-16-29(23-34(32)47-5)43-21-18-28(19-22-43)44-20-10-11-27(25-44)24-42(3)4/h6-9,12-17,23,26-28H,10-11,18-22,24-25H2,1-5H3,(H2,38,39,40,41). The lowest BCUT2D eigenvalue weighted by Gasteiger charge is -2.43. The second-order valence-corrected chi connectivity index (χ2v) is 16.1. The van der Waals surface area contributed by atoms with Crippen molar-refractivity contribution in [2.75, 3.05) is 69.5 Å². The zero-order chi connectivity index (χ0) is 33.8. The van der Waals surface area contributed by atoms with Crippen molar-refractivity contribution < 1.29 is 13.2 Å². The monoisotopic (exact) mass is 671 g/mol. The van der Waals surface area contributed by atoms with E-state index in [9.17, 15) is 8.42 Å². The summed E-state index contributed by atoms with van der Waals surface area (Å²) >= 11 is 0. The van der Waals surface area contributed by atoms with E-state index in [1.807, 2.05) is 36.4 Å². The highest BCUT2D eigenvalue weighted by Gasteiger charge is 2.29. The molecule has 256 valence electrons. The predicted octanol–water partition coefficient (Wildman–Crippen LogP) is 6.55.